The molecule has 0 radical (unpaired) electrons. The summed E-state index contributed by atoms with van der Waals surface area (Å²) in [6.07, 6.45) is 0. The fourth-order valence-electron chi connectivity index (χ4n) is 1.74. The lowest BCUT2D eigenvalue weighted by molar-refractivity contribution is -0.143. The summed E-state index contributed by atoms with van der Waals surface area (Å²) >= 11 is 0. The van der Waals surface area contributed by atoms with Gasteiger partial charge in [0.2, 0.25) is 0 Å². The molecule has 0 aliphatic rings. The molecule has 0 heterocycles. The Kier molecular flexibility index (Phi) is 5.27. The molecule has 2 rings (SSSR count). The van der Waals surface area contributed by atoms with Gasteiger partial charge in [0.15, 0.2) is 0 Å². The number of nitrogens with zero attached hydrogens (tertiary/aromatic N) is 1. The van der Waals surface area contributed by atoms with Crippen LogP contribution in [0.25, 0.3) is 0 Å². The number of rotatable bonds is 5. The fourth-order valence-corrected chi connectivity index (χ4v) is 1.74. The van der Waals surface area contributed by atoms with Crippen molar-refractivity contribution in [2.75, 3.05) is 6.54 Å². The van der Waals surface area contributed by atoms with Crippen LogP contribution in [0.15, 0.2) is 54.6 Å². The molecule has 2 aromatic carbocycles. The summed E-state index contributed by atoms with van der Waals surface area (Å²) in [6.45, 7) is -0.0297. The van der Waals surface area contributed by atoms with Crippen molar-refractivity contribution in [2.24, 2.45) is 0 Å². The van der Waals surface area contributed by atoms with Crippen molar-refractivity contribution in [3.8, 4) is 6.07 Å². The highest BCUT2D eigenvalue weighted by atomic mass is 16.5. The van der Waals surface area contributed by atoms with Gasteiger partial charge in [-0.2, -0.15) is 5.26 Å². The van der Waals surface area contributed by atoms with E-state index in [4.69, 9.17) is 10.00 Å². The zero-order valence-electron chi connectivity index (χ0n) is 11.8. The van der Waals surface area contributed by atoms with Gasteiger partial charge in [0.25, 0.3) is 5.91 Å². The lowest BCUT2D eigenvalue weighted by atomic mass is 10.1. The van der Waals surface area contributed by atoms with Gasteiger partial charge in [-0.3, -0.25) is 9.59 Å². The molecule has 0 aliphatic carbocycles. The van der Waals surface area contributed by atoms with Gasteiger partial charge in [-0.05, 0) is 29.8 Å². The standard InChI is InChI=1S/C17H14N2O3/c18-10-13-6-8-15(9-7-13)17(21)19-11-16(20)22-12-14-4-2-1-3-5-14/h1-9H,11-12H2,(H,19,21). The predicted molar refractivity (Wildman–Crippen MR) is 79.7 cm³/mol. The smallest absolute Gasteiger partial charge is 0.325 e. The Hall–Kier alpha value is -3.13. The van der Waals surface area contributed by atoms with Crippen LogP contribution in [0.4, 0.5) is 0 Å². The number of carbonyl (C=O) groups is 2. The molecule has 22 heavy (non-hydrogen) atoms. The van der Waals surface area contributed by atoms with Crippen LogP contribution in [0.1, 0.15) is 21.5 Å². The SMILES string of the molecule is N#Cc1ccc(C(=O)NCC(=O)OCc2ccccc2)cc1. The van der Waals surface area contributed by atoms with E-state index in [2.05, 4.69) is 5.32 Å². The van der Waals surface area contributed by atoms with Crippen LogP contribution >= 0.6 is 0 Å². The molecule has 0 saturated carbocycles. The van der Waals surface area contributed by atoms with Gasteiger partial charge in [-0.25, -0.2) is 0 Å². The van der Waals surface area contributed by atoms with Crippen LogP contribution in [0.5, 0.6) is 0 Å². The number of benzene rings is 2. The van der Waals surface area contributed by atoms with Crippen LogP contribution < -0.4 is 5.32 Å². The molecule has 0 bridgehead atoms. The van der Waals surface area contributed by atoms with Crippen LogP contribution in [-0.2, 0) is 16.1 Å². The zero-order valence-corrected chi connectivity index (χ0v) is 11.8. The first-order chi connectivity index (χ1) is 10.7. The van der Waals surface area contributed by atoms with Gasteiger partial charge in [0, 0.05) is 5.56 Å². The van der Waals surface area contributed by atoms with Gasteiger partial charge < -0.3 is 10.1 Å². The molecule has 110 valence electrons. The van der Waals surface area contributed by atoms with Crippen LogP contribution in [0, 0.1) is 11.3 Å². The van der Waals surface area contributed by atoms with Crippen molar-refractivity contribution in [3.05, 3.63) is 71.3 Å². The monoisotopic (exact) mass is 294 g/mol. The zero-order chi connectivity index (χ0) is 15.8. The largest absolute Gasteiger partial charge is 0.460 e. The Labute approximate surface area is 128 Å². The summed E-state index contributed by atoms with van der Waals surface area (Å²) < 4.78 is 5.05. The third-order valence-corrected chi connectivity index (χ3v) is 2.91. The highest BCUT2D eigenvalue weighted by Crippen LogP contribution is 2.03. The second-order valence-electron chi connectivity index (χ2n) is 4.52. The van der Waals surface area contributed by atoms with Crippen molar-refractivity contribution >= 4 is 11.9 Å². The molecule has 0 saturated heterocycles. The quantitative estimate of drug-likeness (QED) is 0.856. The minimum Gasteiger partial charge on any atom is -0.460 e. The van der Waals surface area contributed by atoms with E-state index < -0.39 is 5.97 Å². The molecule has 1 N–H and O–H groups in total. The minimum absolute atomic E-state index is 0.173. The minimum atomic E-state index is -0.508. The number of carbonyl (C=O) groups excluding carboxylic acids is 2. The van der Waals surface area contributed by atoms with E-state index in [9.17, 15) is 9.59 Å². The molecule has 1 amide bonds. The predicted octanol–water partition coefficient (Wildman–Crippen LogP) is 2.03. The van der Waals surface area contributed by atoms with E-state index in [1.165, 1.54) is 12.1 Å². The first kappa shape index (κ1) is 15.3. The lowest BCUT2D eigenvalue weighted by Crippen LogP contribution is -2.30. The van der Waals surface area contributed by atoms with Gasteiger partial charge >= 0.3 is 5.97 Å². The molecule has 0 aliphatic heterocycles. The van der Waals surface area contributed by atoms with E-state index >= 15 is 0 Å². The Morgan fingerprint density at radius 3 is 2.36 bits per heavy atom. The average Bonchev–Trinajstić information content (AvgIpc) is 2.58. The normalized spacial score (nSPS) is 9.59. The molecule has 0 fully saturated rings. The summed E-state index contributed by atoms with van der Waals surface area (Å²) in [4.78, 5) is 23.4. The van der Waals surface area contributed by atoms with Gasteiger partial charge in [0.1, 0.15) is 13.2 Å². The number of ether oxygens (including phenoxy) is 1. The fraction of sp³-hybridized carbons (Fsp3) is 0.118. The Morgan fingerprint density at radius 2 is 1.73 bits per heavy atom. The summed E-state index contributed by atoms with van der Waals surface area (Å²) in [7, 11) is 0. The summed E-state index contributed by atoms with van der Waals surface area (Å²) in [5, 5.41) is 11.2. The molecule has 0 atom stereocenters. The number of hydrogen-bond acceptors (Lipinski definition) is 4. The number of esters is 1. The Balaban J connectivity index is 1.78. The maximum absolute atomic E-state index is 11.8. The first-order valence-electron chi connectivity index (χ1n) is 6.67. The van der Waals surface area contributed by atoms with E-state index in [0.717, 1.165) is 5.56 Å². The van der Waals surface area contributed by atoms with E-state index in [0.29, 0.717) is 11.1 Å². The van der Waals surface area contributed by atoms with Gasteiger partial charge in [0.05, 0.1) is 11.6 Å². The topological polar surface area (TPSA) is 79.2 Å². The molecule has 2 aromatic rings. The van der Waals surface area contributed by atoms with Crippen molar-refractivity contribution < 1.29 is 14.3 Å². The van der Waals surface area contributed by atoms with Crippen molar-refractivity contribution in [1.82, 2.24) is 5.32 Å². The molecular weight excluding hydrogens is 280 g/mol. The molecule has 5 nitrogen and oxygen atoms in total. The first-order valence-corrected chi connectivity index (χ1v) is 6.67. The maximum Gasteiger partial charge on any atom is 0.325 e. The number of hydrogen-bond donors (Lipinski definition) is 1. The second-order valence-corrected chi connectivity index (χ2v) is 4.52. The van der Waals surface area contributed by atoms with Crippen LogP contribution in [0.2, 0.25) is 0 Å². The third kappa shape index (κ3) is 4.46. The Bertz CT molecular complexity index is 688. The van der Waals surface area contributed by atoms with Crippen molar-refractivity contribution in [2.45, 2.75) is 6.61 Å². The molecular formula is C17H14N2O3. The molecule has 0 spiro atoms. The summed E-state index contributed by atoms with van der Waals surface area (Å²) in [5.74, 6) is -0.896. The second kappa shape index (κ2) is 7.60. The summed E-state index contributed by atoms with van der Waals surface area (Å²) in [6, 6.07) is 17.4. The third-order valence-electron chi connectivity index (χ3n) is 2.91. The van der Waals surface area contributed by atoms with E-state index in [-0.39, 0.29) is 19.1 Å². The highest BCUT2D eigenvalue weighted by Gasteiger charge is 2.09. The van der Waals surface area contributed by atoms with E-state index in [1.54, 1.807) is 12.1 Å². The van der Waals surface area contributed by atoms with E-state index in [1.807, 2.05) is 36.4 Å². The molecule has 5 heteroatoms. The number of amides is 1. The highest BCUT2D eigenvalue weighted by molar-refractivity contribution is 5.95. The van der Waals surface area contributed by atoms with Gasteiger partial charge in [-0.15, -0.1) is 0 Å². The number of nitrogens with one attached hydrogen (secondary N) is 1. The average molecular weight is 294 g/mol. The lowest BCUT2D eigenvalue weighted by Gasteiger charge is -2.06. The molecule has 0 aromatic heterocycles. The van der Waals surface area contributed by atoms with Crippen LogP contribution in [0.3, 0.4) is 0 Å². The van der Waals surface area contributed by atoms with Crippen LogP contribution in [-0.4, -0.2) is 18.4 Å². The van der Waals surface area contributed by atoms with Crippen molar-refractivity contribution in [1.29, 1.82) is 5.26 Å². The Morgan fingerprint density at radius 1 is 1.05 bits per heavy atom. The van der Waals surface area contributed by atoms with Gasteiger partial charge in [-0.1, -0.05) is 30.3 Å². The molecule has 0 unspecified atom stereocenters. The maximum atomic E-state index is 11.8. The number of nitriles is 1. The summed E-state index contributed by atoms with van der Waals surface area (Å²) in [5.41, 5.74) is 1.74. The van der Waals surface area contributed by atoms with Crippen molar-refractivity contribution in [3.63, 3.8) is 0 Å².